The molecule has 4 atom stereocenters. The zero-order chi connectivity index (χ0) is 31.8. The van der Waals surface area contributed by atoms with Crippen molar-refractivity contribution in [2.24, 2.45) is 11.8 Å². The van der Waals surface area contributed by atoms with Gasteiger partial charge in [0.2, 0.25) is 17.7 Å². The zero-order valence-electron chi connectivity index (χ0n) is 28.1. The summed E-state index contributed by atoms with van der Waals surface area (Å²) in [7, 11) is 1.75. The lowest BCUT2D eigenvalue weighted by molar-refractivity contribution is -0.158. The maximum absolute atomic E-state index is 13.9. The second-order valence-electron chi connectivity index (χ2n) is 14.0. The second kappa shape index (κ2) is 16.1. The van der Waals surface area contributed by atoms with Gasteiger partial charge in [0.05, 0.1) is 12.1 Å². The topological polar surface area (TPSA) is 99.3 Å². The van der Waals surface area contributed by atoms with Crippen LogP contribution < -0.4 is 5.32 Å². The monoisotopic (exact) mass is 602 g/mol. The first-order chi connectivity index (χ1) is 20.3. The summed E-state index contributed by atoms with van der Waals surface area (Å²) in [6.07, 6.45) is 11.2. The number of rotatable bonds is 11. The third kappa shape index (κ3) is 9.05. The van der Waals surface area contributed by atoms with Crippen LogP contribution in [-0.4, -0.2) is 94.8 Å². The fraction of sp³-hybridized carbons (Fsp3) is 0.824. The number of amides is 3. The van der Waals surface area contributed by atoms with E-state index in [0.29, 0.717) is 18.5 Å². The number of piperidine rings is 1. The summed E-state index contributed by atoms with van der Waals surface area (Å²) in [5, 5.41) is 3.10. The van der Waals surface area contributed by atoms with Crippen molar-refractivity contribution >= 4 is 23.7 Å². The molecule has 43 heavy (non-hydrogen) atoms. The van der Waals surface area contributed by atoms with E-state index >= 15 is 0 Å². The molecule has 9 heteroatoms. The molecule has 1 N–H and O–H groups in total. The summed E-state index contributed by atoms with van der Waals surface area (Å²) in [5.41, 5.74) is 0.510. The minimum absolute atomic E-state index is 0.0284. The number of nitrogens with one attached hydrogen (secondary N) is 1. The summed E-state index contributed by atoms with van der Waals surface area (Å²) < 4.78 is 5.83. The maximum atomic E-state index is 13.9. The average Bonchev–Trinajstić information content (AvgIpc) is 3.47. The van der Waals surface area contributed by atoms with Crippen LogP contribution in [0, 0.1) is 11.8 Å². The van der Waals surface area contributed by atoms with Crippen molar-refractivity contribution < 1.29 is 23.9 Å². The Morgan fingerprint density at radius 1 is 0.814 bits per heavy atom. The van der Waals surface area contributed by atoms with E-state index in [0.717, 1.165) is 57.9 Å². The molecule has 1 aliphatic carbocycles. The third-order valence-corrected chi connectivity index (χ3v) is 9.60. The van der Waals surface area contributed by atoms with E-state index in [1.807, 2.05) is 33.8 Å². The number of carbonyl (C=O) groups excluding carboxylic acids is 4. The number of carbonyl (C=O) groups is 4. The Bertz CT molecular complexity index is 1000. The van der Waals surface area contributed by atoms with E-state index in [1.165, 1.54) is 6.42 Å². The number of esters is 1. The molecule has 1 saturated carbocycles. The summed E-state index contributed by atoms with van der Waals surface area (Å²) >= 11 is 0. The van der Waals surface area contributed by atoms with Gasteiger partial charge in [-0.3, -0.25) is 19.3 Å². The molecule has 2 aliphatic heterocycles. The van der Waals surface area contributed by atoms with Crippen LogP contribution in [0.3, 0.4) is 0 Å². The van der Waals surface area contributed by atoms with E-state index in [4.69, 9.17) is 4.74 Å². The average molecular weight is 603 g/mol. The van der Waals surface area contributed by atoms with Crippen molar-refractivity contribution in [2.45, 2.75) is 149 Å². The van der Waals surface area contributed by atoms with Crippen molar-refractivity contribution in [2.75, 3.05) is 20.1 Å². The molecule has 0 bridgehead atoms. The van der Waals surface area contributed by atoms with Gasteiger partial charge in [0.15, 0.2) is 0 Å². The summed E-state index contributed by atoms with van der Waals surface area (Å²) in [4.78, 5) is 59.6. The Balaban J connectivity index is 1.71. The molecule has 0 radical (unpaired) electrons. The van der Waals surface area contributed by atoms with E-state index in [1.54, 1.807) is 23.8 Å². The van der Waals surface area contributed by atoms with Gasteiger partial charge in [-0.15, -0.1) is 0 Å². The van der Waals surface area contributed by atoms with Crippen LogP contribution >= 0.6 is 0 Å². The quantitative estimate of drug-likeness (QED) is 0.272. The van der Waals surface area contributed by atoms with E-state index in [9.17, 15) is 19.2 Å². The third-order valence-electron chi connectivity index (χ3n) is 9.60. The molecule has 0 spiro atoms. The van der Waals surface area contributed by atoms with Gasteiger partial charge in [-0.25, -0.2) is 4.79 Å². The molecule has 0 aromatic carbocycles. The second-order valence-corrected chi connectivity index (χ2v) is 14.0. The standard InChI is InChI=1S/C34H58N4O5/c1-22(2)29(21-25(7)32(40)38-20-14-18-28(38)34(42)43-26-15-10-9-11-16-26)36(8)33(41)30(23(3)4)35-31(39)27-17-12-13-19-37(27)24(5)6/h21-24,26-30H,9-20H2,1-8H3,(H,35,39)/t27-,28+,29?,30+/m1/s1. The van der Waals surface area contributed by atoms with Crippen molar-refractivity contribution in [1.82, 2.24) is 20.0 Å². The van der Waals surface area contributed by atoms with Gasteiger partial charge in [-0.05, 0) is 90.5 Å². The molecular formula is C34H58N4O5. The molecule has 3 aliphatic rings. The zero-order valence-corrected chi connectivity index (χ0v) is 28.1. The van der Waals surface area contributed by atoms with Crippen molar-refractivity contribution in [3.8, 4) is 0 Å². The van der Waals surface area contributed by atoms with E-state index in [-0.39, 0.29) is 59.8 Å². The molecule has 0 aromatic rings. The molecule has 2 saturated heterocycles. The summed E-state index contributed by atoms with van der Waals surface area (Å²) in [6.45, 7) is 15.3. The van der Waals surface area contributed by atoms with Crippen molar-refractivity contribution in [3.05, 3.63) is 11.6 Å². The lowest BCUT2D eigenvalue weighted by atomic mass is 9.95. The van der Waals surface area contributed by atoms with Crippen LogP contribution in [0.5, 0.6) is 0 Å². The van der Waals surface area contributed by atoms with Crippen LogP contribution in [-0.2, 0) is 23.9 Å². The van der Waals surface area contributed by atoms with E-state index < -0.39 is 12.1 Å². The summed E-state index contributed by atoms with van der Waals surface area (Å²) in [6, 6.07) is -1.55. The fourth-order valence-corrected chi connectivity index (χ4v) is 6.97. The first-order valence-electron chi connectivity index (χ1n) is 16.9. The Labute approximate surface area is 260 Å². The van der Waals surface area contributed by atoms with Crippen molar-refractivity contribution in [1.29, 1.82) is 0 Å². The number of hydrogen-bond acceptors (Lipinski definition) is 6. The maximum Gasteiger partial charge on any atom is 0.329 e. The highest BCUT2D eigenvalue weighted by Crippen LogP contribution is 2.26. The SMILES string of the molecule is CC(=CC(C(C)C)N(C)C(=O)[C@@H](NC(=O)[C@H]1CCCCN1C(C)C)C(C)C)C(=O)N1CCC[C@H]1C(=O)OC1CCCCC1. The van der Waals surface area contributed by atoms with E-state index in [2.05, 4.69) is 24.1 Å². The van der Waals surface area contributed by atoms with Crippen LogP contribution in [0.15, 0.2) is 11.6 Å². The number of likely N-dealkylation sites (N-methyl/N-ethyl adjacent to an activating group) is 1. The molecule has 244 valence electrons. The molecule has 3 fully saturated rings. The van der Waals surface area contributed by atoms with Gasteiger partial charge in [0, 0.05) is 25.2 Å². The van der Waals surface area contributed by atoms with Gasteiger partial charge in [0.25, 0.3) is 0 Å². The van der Waals surface area contributed by atoms with Crippen LogP contribution in [0.25, 0.3) is 0 Å². The van der Waals surface area contributed by atoms with Gasteiger partial charge in [0.1, 0.15) is 18.2 Å². The van der Waals surface area contributed by atoms with Gasteiger partial charge in [-0.1, -0.05) is 46.6 Å². The lowest BCUT2D eigenvalue weighted by Gasteiger charge is -2.39. The number of hydrogen-bond donors (Lipinski definition) is 1. The Morgan fingerprint density at radius 2 is 1.44 bits per heavy atom. The highest BCUT2D eigenvalue weighted by atomic mass is 16.5. The number of nitrogens with zero attached hydrogens (tertiary/aromatic N) is 3. The van der Waals surface area contributed by atoms with Crippen LogP contribution in [0.2, 0.25) is 0 Å². The normalized spacial score (nSPS) is 23.9. The highest BCUT2D eigenvalue weighted by molar-refractivity contribution is 5.96. The fourth-order valence-electron chi connectivity index (χ4n) is 6.97. The number of likely N-dealkylation sites (tertiary alicyclic amines) is 2. The summed E-state index contributed by atoms with van der Waals surface area (Å²) in [5.74, 6) is -0.801. The molecule has 0 aromatic heterocycles. The minimum atomic E-state index is -0.670. The molecule has 9 nitrogen and oxygen atoms in total. The molecule has 3 rings (SSSR count). The largest absolute Gasteiger partial charge is 0.461 e. The van der Waals surface area contributed by atoms with Gasteiger partial charge < -0.3 is 19.9 Å². The molecule has 3 amide bonds. The smallest absolute Gasteiger partial charge is 0.329 e. The number of ether oxygens (including phenoxy) is 1. The highest BCUT2D eigenvalue weighted by Gasteiger charge is 2.39. The van der Waals surface area contributed by atoms with Gasteiger partial charge in [-0.2, -0.15) is 0 Å². The van der Waals surface area contributed by atoms with Crippen LogP contribution in [0.4, 0.5) is 0 Å². The van der Waals surface area contributed by atoms with Gasteiger partial charge >= 0.3 is 5.97 Å². The predicted octanol–water partition coefficient (Wildman–Crippen LogP) is 4.69. The molecule has 2 heterocycles. The molecule has 1 unspecified atom stereocenters. The predicted molar refractivity (Wildman–Crippen MR) is 169 cm³/mol. The first kappa shape index (κ1) is 35.1. The Morgan fingerprint density at radius 3 is 2.05 bits per heavy atom. The van der Waals surface area contributed by atoms with Crippen molar-refractivity contribution in [3.63, 3.8) is 0 Å². The molecular weight excluding hydrogens is 544 g/mol. The lowest BCUT2D eigenvalue weighted by Crippen LogP contribution is -2.58. The van der Waals surface area contributed by atoms with Crippen LogP contribution in [0.1, 0.15) is 113 Å². The minimum Gasteiger partial charge on any atom is -0.461 e. The first-order valence-corrected chi connectivity index (χ1v) is 16.9. The Hall–Kier alpha value is -2.42. The Kier molecular flexibility index (Phi) is 13.1.